The zero-order valence-corrected chi connectivity index (χ0v) is 16.7. The first-order valence-electron chi connectivity index (χ1n) is 9.25. The number of benzene rings is 1. The van der Waals surface area contributed by atoms with Gasteiger partial charge in [-0.25, -0.2) is 4.98 Å². The van der Waals surface area contributed by atoms with Gasteiger partial charge in [0.05, 0.1) is 23.7 Å². The van der Waals surface area contributed by atoms with Crippen LogP contribution in [0.1, 0.15) is 56.2 Å². The average Bonchev–Trinajstić information content (AvgIpc) is 3.07. The first-order chi connectivity index (χ1) is 12.4. The molecule has 4 heteroatoms. The number of carbonyl (C=O) groups excluding carboxylic acids is 1. The first kappa shape index (κ1) is 17.5. The molecule has 26 heavy (non-hydrogen) atoms. The molecule has 1 heterocycles. The van der Waals surface area contributed by atoms with Gasteiger partial charge in [0.1, 0.15) is 5.75 Å². The van der Waals surface area contributed by atoms with Crippen molar-refractivity contribution in [3.05, 3.63) is 57.1 Å². The molecule has 0 saturated heterocycles. The molecule has 0 aliphatic heterocycles. The number of rotatable bonds is 3. The summed E-state index contributed by atoms with van der Waals surface area (Å²) in [4.78, 5) is 19.3. The van der Waals surface area contributed by atoms with Crippen molar-refractivity contribution in [3.63, 3.8) is 0 Å². The van der Waals surface area contributed by atoms with Crippen molar-refractivity contribution in [1.82, 2.24) is 4.98 Å². The Morgan fingerprint density at radius 2 is 2.00 bits per heavy atom. The molecule has 0 saturated carbocycles. The Kier molecular flexibility index (Phi) is 4.07. The Balaban J connectivity index is 2.06. The second-order valence-electron chi connectivity index (χ2n) is 8.18. The molecule has 2 aliphatic rings. The van der Waals surface area contributed by atoms with Crippen LogP contribution in [0.4, 0.5) is 0 Å². The van der Waals surface area contributed by atoms with Crippen LogP contribution in [0.5, 0.6) is 5.75 Å². The Bertz CT molecular complexity index is 908. The molecule has 1 atom stereocenters. The third-order valence-electron chi connectivity index (χ3n) is 5.90. The largest absolute Gasteiger partial charge is 0.496 e. The fraction of sp³-hybridized carbons (Fsp3) is 0.455. The number of hydrogen-bond acceptors (Lipinski definition) is 4. The van der Waals surface area contributed by atoms with Crippen molar-refractivity contribution in [2.24, 2.45) is 5.41 Å². The number of thiazole rings is 1. The highest BCUT2D eigenvalue weighted by atomic mass is 32.1. The normalized spacial score (nSPS) is 24.2. The summed E-state index contributed by atoms with van der Waals surface area (Å²) in [5.74, 6) is 1.14. The maximum Gasteiger partial charge on any atom is 0.160 e. The average molecular weight is 368 g/mol. The number of hydrogen-bond donors (Lipinski definition) is 0. The van der Waals surface area contributed by atoms with Crippen LogP contribution in [0.15, 0.2) is 40.9 Å². The number of ether oxygens (including phenoxy) is 1. The molecule has 0 radical (unpaired) electrons. The van der Waals surface area contributed by atoms with Gasteiger partial charge in [0.25, 0.3) is 0 Å². The van der Waals surface area contributed by atoms with Crippen LogP contribution in [-0.2, 0) is 16.6 Å². The highest BCUT2D eigenvalue weighted by Crippen LogP contribution is 2.56. The Hall–Kier alpha value is -1.94. The molecular weight excluding hydrogens is 342 g/mol. The number of carbonyl (C=O) groups is 1. The molecule has 2 aromatic rings. The summed E-state index contributed by atoms with van der Waals surface area (Å²) in [6, 6.07) is 8.15. The van der Waals surface area contributed by atoms with Crippen LogP contribution in [-0.4, -0.2) is 17.9 Å². The van der Waals surface area contributed by atoms with Crippen LogP contribution < -0.4 is 4.74 Å². The lowest BCUT2D eigenvalue weighted by Gasteiger charge is -2.45. The number of fused-ring (bicyclic) bond motifs is 1. The summed E-state index contributed by atoms with van der Waals surface area (Å²) in [6.45, 7) is 6.57. The van der Waals surface area contributed by atoms with Crippen LogP contribution in [0.3, 0.4) is 0 Å². The summed E-state index contributed by atoms with van der Waals surface area (Å²) >= 11 is 1.68. The fourth-order valence-corrected chi connectivity index (χ4v) is 6.08. The predicted octanol–water partition coefficient (Wildman–Crippen LogP) is 5.09. The number of nitrogens with zero attached hydrogens (tertiary/aromatic N) is 1. The van der Waals surface area contributed by atoms with Crippen molar-refractivity contribution < 1.29 is 9.53 Å². The highest BCUT2D eigenvalue weighted by molar-refractivity contribution is 7.10. The minimum absolute atomic E-state index is 0.0176. The molecule has 0 bridgehead atoms. The smallest absolute Gasteiger partial charge is 0.160 e. The number of ketones is 1. The van der Waals surface area contributed by atoms with E-state index in [0.717, 1.165) is 41.8 Å². The number of allylic oxidation sites excluding steroid dienone is 2. The van der Waals surface area contributed by atoms with Gasteiger partial charge < -0.3 is 4.74 Å². The topological polar surface area (TPSA) is 39.2 Å². The lowest BCUT2D eigenvalue weighted by molar-refractivity contribution is -0.118. The first-order valence-corrected chi connectivity index (χ1v) is 10.1. The van der Waals surface area contributed by atoms with Gasteiger partial charge in [-0.05, 0) is 24.3 Å². The van der Waals surface area contributed by atoms with E-state index in [2.05, 4.69) is 31.8 Å². The number of para-hydroxylation sites is 1. The lowest BCUT2D eigenvalue weighted by Crippen LogP contribution is -2.42. The zero-order valence-electron chi connectivity index (χ0n) is 15.9. The van der Waals surface area contributed by atoms with Gasteiger partial charge in [-0.1, -0.05) is 44.5 Å². The number of Topliss-reactive ketones (excluding diaryl/α,β-unsaturated/α-hetero) is 1. The Labute approximate surface area is 159 Å². The van der Waals surface area contributed by atoms with Gasteiger partial charge in [0.2, 0.25) is 0 Å². The summed E-state index contributed by atoms with van der Waals surface area (Å²) in [7, 11) is 1.71. The highest BCUT2D eigenvalue weighted by Gasteiger charge is 2.51. The maximum atomic E-state index is 13.4. The van der Waals surface area contributed by atoms with Gasteiger partial charge in [-0.3, -0.25) is 4.79 Å². The van der Waals surface area contributed by atoms with Crippen molar-refractivity contribution in [1.29, 1.82) is 0 Å². The van der Waals surface area contributed by atoms with Gasteiger partial charge in [0.15, 0.2) is 5.78 Å². The molecule has 3 nitrogen and oxygen atoms in total. The van der Waals surface area contributed by atoms with Gasteiger partial charge in [-0.2, -0.15) is 0 Å². The second kappa shape index (κ2) is 6.05. The van der Waals surface area contributed by atoms with E-state index in [1.165, 1.54) is 10.5 Å². The standard InChI is InChI=1S/C22H25NO2S/c1-5-22(15-8-6-7-9-18(15)25-4)19-14(10-16-20(22)26-13-23-16)11-21(2,3)12-17(19)24/h6-9,13H,5,10-12H2,1-4H3. The van der Waals surface area contributed by atoms with Crippen LogP contribution in [0.25, 0.3) is 0 Å². The number of aromatic nitrogens is 1. The van der Waals surface area contributed by atoms with Gasteiger partial charge in [0, 0.05) is 28.9 Å². The van der Waals surface area contributed by atoms with E-state index in [0.29, 0.717) is 12.2 Å². The summed E-state index contributed by atoms with van der Waals surface area (Å²) in [5.41, 5.74) is 6.02. The molecule has 0 spiro atoms. The number of methoxy groups -OCH3 is 1. The SMILES string of the molecule is CCC1(c2ccccc2OC)C2=C(Cc3ncsc31)CC(C)(C)CC2=O. The molecule has 4 rings (SSSR count). The van der Waals surface area contributed by atoms with Gasteiger partial charge in [-0.15, -0.1) is 11.3 Å². The molecular formula is C22H25NO2S. The van der Waals surface area contributed by atoms with E-state index in [4.69, 9.17) is 4.74 Å². The molecule has 0 fully saturated rings. The molecule has 1 aromatic heterocycles. The van der Waals surface area contributed by atoms with E-state index in [9.17, 15) is 4.79 Å². The van der Waals surface area contributed by atoms with Crippen LogP contribution in [0.2, 0.25) is 0 Å². The molecule has 1 unspecified atom stereocenters. The van der Waals surface area contributed by atoms with E-state index >= 15 is 0 Å². The minimum Gasteiger partial charge on any atom is -0.496 e. The van der Waals surface area contributed by atoms with E-state index in [-0.39, 0.29) is 5.41 Å². The fourth-order valence-electron chi connectivity index (χ4n) is 4.98. The monoisotopic (exact) mass is 367 g/mol. The minimum atomic E-state index is -0.440. The third-order valence-corrected chi connectivity index (χ3v) is 6.93. The molecule has 1 aromatic carbocycles. The van der Waals surface area contributed by atoms with Crippen molar-refractivity contribution in [3.8, 4) is 5.75 Å². The Morgan fingerprint density at radius 1 is 1.23 bits per heavy atom. The van der Waals surface area contributed by atoms with E-state index in [1.54, 1.807) is 18.4 Å². The zero-order chi connectivity index (χ0) is 18.5. The van der Waals surface area contributed by atoms with Crippen molar-refractivity contribution in [2.45, 2.75) is 51.9 Å². The maximum absolute atomic E-state index is 13.4. The summed E-state index contributed by atoms with van der Waals surface area (Å²) in [6.07, 6.45) is 3.20. The summed E-state index contributed by atoms with van der Waals surface area (Å²) < 4.78 is 5.72. The van der Waals surface area contributed by atoms with Crippen LogP contribution in [0, 0.1) is 5.41 Å². The molecule has 0 N–H and O–H groups in total. The van der Waals surface area contributed by atoms with Gasteiger partial charge >= 0.3 is 0 Å². The molecule has 0 amide bonds. The summed E-state index contributed by atoms with van der Waals surface area (Å²) in [5, 5.41) is 0. The predicted molar refractivity (Wildman–Crippen MR) is 105 cm³/mol. The third kappa shape index (κ3) is 2.38. The second-order valence-corrected chi connectivity index (χ2v) is 9.04. The van der Waals surface area contributed by atoms with Crippen LogP contribution >= 0.6 is 11.3 Å². The van der Waals surface area contributed by atoms with Crippen molar-refractivity contribution >= 4 is 17.1 Å². The molecule has 136 valence electrons. The van der Waals surface area contributed by atoms with E-state index in [1.807, 2.05) is 23.7 Å². The van der Waals surface area contributed by atoms with Crippen molar-refractivity contribution in [2.75, 3.05) is 7.11 Å². The quantitative estimate of drug-likeness (QED) is 0.758. The lowest BCUT2D eigenvalue weighted by atomic mass is 9.58. The molecule has 2 aliphatic carbocycles. The Morgan fingerprint density at radius 3 is 2.73 bits per heavy atom. The van der Waals surface area contributed by atoms with E-state index < -0.39 is 5.41 Å².